The second-order valence-corrected chi connectivity index (χ2v) is 8.03. The highest BCUT2D eigenvalue weighted by Gasteiger charge is 2.21. The quantitative estimate of drug-likeness (QED) is 0.215. The second kappa shape index (κ2) is 19.3. The van der Waals surface area contributed by atoms with Crippen LogP contribution in [0.2, 0.25) is 0 Å². The van der Waals surface area contributed by atoms with Gasteiger partial charge >= 0.3 is 0 Å². The van der Waals surface area contributed by atoms with Gasteiger partial charge in [0.25, 0.3) is 0 Å². The van der Waals surface area contributed by atoms with Crippen LogP contribution in [0.5, 0.6) is 0 Å². The molecule has 0 aliphatic heterocycles. The van der Waals surface area contributed by atoms with Crippen LogP contribution < -0.4 is 0 Å². The summed E-state index contributed by atoms with van der Waals surface area (Å²) in [6.07, 6.45) is 15.0. The molecule has 3 unspecified atom stereocenters. The Morgan fingerprint density at radius 3 is 1.72 bits per heavy atom. The monoisotopic (exact) mass is 397 g/mol. The number of rotatable bonds is 17. The van der Waals surface area contributed by atoms with E-state index in [4.69, 9.17) is 11.6 Å². The van der Waals surface area contributed by atoms with E-state index in [1.54, 1.807) is 0 Å². The van der Waals surface area contributed by atoms with E-state index in [1.807, 2.05) is 6.92 Å². The van der Waals surface area contributed by atoms with E-state index in [9.17, 15) is 5.11 Å². The molecule has 0 aliphatic rings. The number of hydrogen-bond acceptors (Lipinski definition) is 2. The molecule has 0 radical (unpaired) electrons. The standard InChI is InChI=1S/C21H44ClNO.ClH/c1-5-8-9-10-11-12-13-14-15-16-20(22)18-21(17-19(4)24)23(6-2)7-3;/h19-21,24H,5-18H2,1-4H3;1H. The van der Waals surface area contributed by atoms with Crippen molar-refractivity contribution in [3.63, 3.8) is 0 Å². The van der Waals surface area contributed by atoms with Crippen molar-refractivity contribution < 1.29 is 5.11 Å². The molecule has 0 saturated carbocycles. The molecule has 0 aromatic rings. The zero-order chi connectivity index (χ0) is 18.2. The molecule has 0 saturated heterocycles. The Balaban J connectivity index is 0. The van der Waals surface area contributed by atoms with Crippen LogP contribution in [-0.4, -0.2) is 40.6 Å². The van der Waals surface area contributed by atoms with Crippen LogP contribution in [0.3, 0.4) is 0 Å². The van der Waals surface area contributed by atoms with Gasteiger partial charge in [-0.1, -0.05) is 78.6 Å². The number of alkyl halides is 1. The Kier molecular flexibility index (Phi) is 21.4. The van der Waals surface area contributed by atoms with E-state index in [-0.39, 0.29) is 23.9 Å². The molecule has 3 atom stereocenters. The van der Waals surface area contributed by atoms with Gasteiger partial charge in [0.05, 0.1) is 6.10 Å². The summed E-state index contributed by atoms with van der Waals surface area (Å²) in [5.41, 5.74) is 0. The molecule has 4 heteroatoms. The summed E-state index contributed by atoms with van der Waals surface area (Å²) in [4.78, 5) is 2.44. The lowest BCUT2D eigenvalue weighted by Crippen LogP contribution is -2.38. The predicted octanol–water partition coefficient (Wildman–Crippen LogP) is 6.81. The molecule has 0 fully saturated rings. The summed E-state index contributed by atoms with van der Waals surface area (Å²) < 4.78 is 0. The predicted molar refractivity (Wildman–Crippen MR) is 116 cm³/mol. The first-order valence-corrected chi connectivity index (χ1v) is 11.0. The van der Waals surface area contributed by atoms with Crippen molar-refractivity contribution in [2.75, 3.05) is 13.1 Å². The number of nitrogens with zero attached hydrogens (tertiary/aromatic N) is 1. The summed E-state index contributed by atoms with van der Waals surface area (Å²) in [6.45, 7) is 10.6. The molecule has 1 N–H and O–H groups in total. The molecule has 154 valence electrons. The van der Waals surface area contributed by atoms with Gasteiger partial charge in [-0.05, 0) is 39.3 Å². The molecule has 0 amide bonds. The van der Waals surface area contributed by atoms with Crippen molar-refractivity contribution in [2.45, 2.75) is 122 Å². The van der Waals surface area contributed by atoms with Crippen LogP contribution in [0, 0.1) is 0 Å². The minimum absolute atomic E-state index is 0. The lowest BCUT2D eigenvalue weighted by Gasteiger charge is -2.32. The van der Waals surface area contributed by atoms with E-state index in [0.29, 0.717) is 6.04 Å². The third-order valence-electron chi connectivity index (χ3n) is 5.09. The fraction of sp³-hybridized carbons (Fsp3) is 1.00. The maximum atomic E-state index is 9.76. The van der Waals surface area contributed by atoms with Crippen LogP contribution in [0.15, 0.2) is 0 Å². The lowest BCUT2D eigenvalue weighted by molar-refractivity contribution is 0.112. The molecule has 25 heavy (non-hydrogen) atoms. The number of aliphatic hydroxyl groups is 1. The van der Waals surface area contributed by atoms with Crippen LogP contribution >= 0.6 is 24.0 Å². The van der Waals surface area contributed by atoms with E-state index >= 15 is 0 Å². The van der Waals surface area contributed by atoms with Crippen LogP contribution in [0.25, 0.3) is 0 Å². The maximum absolute atomic E-state index is 9.76. The first kappa shape index (κ1) is 27.7. The topological polar surface area (TPSA) is 23.5 Å². The minimum atomic E-state index is -0.243. The van der Waals surface area contributed by atoms with Crippen molar-refractivity contribution in [1.82, 2.24) is 4.90 Å². The fourth-order valence-corrected chi connectivity index (χ4v) is 3.98. The van der Waals surface area contributed by atoms with Crippen molar-refractivity contribution in [3.8, 4) is 0 Å². The van der Waals surface area contributed by atoms with Crippen molar-refractivity contribution in [3.05, 3.63) is 0 Å². The van der Waals surface area contributed by atoms with Crippen molar-refractivity contribution in [2.24, 2.45) is 0 Å². The SMILES string of the molecule is CCCCCCCCCCCC(Cl)CC(CC(C)O)N(CC)CC.Cl. The van der Waals surface area contributed by atoms with Gasteiger partial charge in [0.15, 0.2) is 0 Å². The number of unbranched alkanes of at least 4 members (excludes halogenated alkanes) is 8. The summed E-state index contributed by atoms with van der Waals surface area (Å²) in [6, 6.07) is 0.418. The first-order valence-electron chi connectivity index (χ1n) is 10.6. The summed E-state index contributed by atoms with van der Waals surface area (Å²) >= 11 is 6.61. The van der Waals surface area contributed by atoms with E-state index in [0.717, 1.165) is 32.4 Å². The van der Waals surface area contributed by atoms with Crippen LogP contribution in [-0.2, 0) is 0 Å². The average molecular weight is 399 g/mol. The lowest BCUT2D eigenvalue weighted by atomic mass is 9.99. The number of halogens is 2. The number of aliphatic hydroxyl groups excluding tert-OH is 1. The van der Waals surface area contributed by atoms with Crippen molar-refractivity contribution in [1.29, 1.82) is 0 Å². The highest BCUT2D eigenvalue weighted by atomic mass is 35.5. The minimum Gasteiger partial charge on any atom is -0.393 e. The number of hydrogen-bond donors (Lipinski definition) is 1. The normalized spacial score (nSPS) is 15.0. The highest BCUT2D eigenvalue weighted by Crippen LogP contribution is 2.21. The highest BCUT2D eigenvalue weighted by molar-refractivity contribution is 6.20. The molecule has 0 aliphatic carbocycles. The van der Waals surface area contributed by atoms with Gasteiger partial charge < -0.3 is 10.0 Å². The Morgan fingerprint density at radius 1 is 0.800 bits per heavy atom. The van der Waals surface area contributed by atoms with Gasteiger partial charge in [0, 0.05) is 11.4 Å². The van der Waals surface area contributed by atoms with E-state index in [2.05, 4.69) is 25.7 Å². The molecule has 0 rings (SSSR count). The molecule has 0 heterocycles. The molecular formula is C21H45Cl2NO. The van der Waals surface area contributed by atoms with Gasteiger partial charge in [-0.15, -0.1) is 24.0 Å². The molecule has 0 aromatic heterocycles. The fourth-order valence-electron chi connectivity index (χ4n) is 3.62. The van der Waals surface area contributed by atoms with E-state index in [1.165, 1.54) is 57.8 Å². The third kappa shape index (κ3) is 16.4. The zero-order valence-corrected chi connectivity index (χ0v) is 18.9. The largest absolute Gasteiger partial charge is 0.393 e. The molecule has 0 spiro atoms. The van der Waals surface area contributed by atoms with Crippen LogP contribution in [0.4, 0.5) is 0 Å². The molecule has 2 nitrogen and oxygen atoms in total. The second-order valence-electron chi connectivity index (χ2n) is 7.41. The summed E-state index contributed by atoms with van der Waals surface area (Å²) in [5, 5.41) is 10.0. The Labute approximate surface area is 169 Å². The summed E-state index contributed by atoms with van der Waals surface area (Å²) in [5.74, 6) is 0. The van der Waals surface area contributed by atoms with Gasteiger partial charge in [-0.25, -0.2) is 0 Å². The molecular weight excluding hydrogens is 353 g/mol. The van der Waals surface area contributed by atoms with Gasteiger partial charge in [0.2, 0.25) is 0 Å². The van der Waals surface area contributed by atoms with Gasteiger partial charge in [-0.3, -0.25) is 0 Å². The Hall–Kier alpha value is 0.500. The smallest absolute Gasteiger partial charge is 0.0527 e. The van der Waals surface area contributed by atoms with Gasteiger partial charge in [-0.2, -0.15) is 0 Å². The Morgan fingerprint density at radius 2 is 1.28 bits per heavy atom. The first-order chi connectivity index (χ1) is 11.5. The Bertz CT molecular complexity index is 260. The third-order valence-corrected chi connectivity index (χ3v) is 5.49. The van der Waals surface area contributed by atoms with Gasteiger partial charge in [0.1, 0.15) is 0 Å². The van der Waals surface area contributed by atoms with Crippen LogP contribution in [0.1, 0.15) is 105 Å². The average Bonchev–Trinajstić information content (AvgIpc) is 2.53. The van der Waals surface area contributed by atoms with Crippen molar-refractivity contribution >= 4 is 24.0 Å². The molecule has 0 bridgehead atoms. The maximum Gasteiger partial charge on any atom is 0.0527 e. The zero-order valence-electron chi connectivity index (χ0n) is 17.3. The van der Waals surface area contributed by atoms with E-state index < -0.39 is 0 Å². The summed E-state index contributed by atoms with van der Waals surface area (Å²) in [7, 11) is 0. The molecule has 0 aromatic carbocycles.